The summed E-state index contributed by atoms with van der Waals surface area (Å²) in [6, 6.07) is 11.5. The Labute approximate surface area is 166 Å². The molecular weight excluding hydrogens is 376 g/mol. The molecule has 0 aliphatic carbocycles. The molecule has 1 saturated heterocycles. The molecule has 2 atom stereocenters. The summed E-state index contributed by atoms with van der Waals surface area (Å²) in [5, 5.41) is 18.9. The van der Waals surface area contributed by atoms with Crippen molar-refractivity contribution in [1.29, 1.82) is 0 Å². The van der Waals surface area contributed by atoms with Crippen LogP contribution < -0.4 is 20.7 Å². The Morgan fingerprint density at radius 2 is 2.00 bits per heavy atom. The first-order chi connectivity index (χ1) is 13.9. The normalized spacial score (nSPS) is 18.4. The zero-order valence-electron chi connectivity index (χ0n) is 15.7. The Hall–Kier alpha value is -3.88. The smallest absolute Gasteiger partial charge is 0.319 e. The third-order valence-corrected chi connectivity index (χ3v) is 4.43. The maximum absolute atomic E-state index is 13.0. The third kappa shape index (κ3) is 4.52. The zero-order valence-corrected chi connectivity index (χ0v) is 15.7. The van der Waals surface area contributed by atoms with Gasteiger partial charge in [-0.3, -0.25) is 14.9 Å². The van der Waals surface area contributed by atoms with Crippen molar-refractivity contribution in [1.82, 2.24) is 10.6 Å². The lowest BCUT2D eigenvalue weighted by molar-refractivity contribution is -0.384. The van der Waals surface area contributed by atoms with E-state index in [4.69, 9.17) is 4.74 Å². The van der Waals surface area contributed by atoms with Gasteiger partial charge in [-0.1, -0.05) is 24.8 Å². The van der Waals surface area contributed by atoms with E-state index >= 15 is 0 Å². The molecule has 9 heteroatoms. The van der Waals surface area contributed by atoms with Gasteiger partial charge in [0.25, 0.3) is 5.69 Å². The maximum atomic E-state index is 13.0. The minimum Gasteiger partial charge on any atom is -0.494 e. The lowest BCUT2D eigenvalue weighted by Gasteiger charge is -2.34. The van der Waals surface area contributed by atoms with Crippen LogP contribution in [0.2, 0.25) is 0 Å². The largest absolute Gasteiger partial charge is 0.494 e. The number of rotatable bonds is 6. The van der Waals surface area contributed by atoms with Gasteiger partial charge >= 0.3 is 6.03 Å². The molecule has 0 spiro atoms. The lowest BCUT2D eigenvalue weighted by Crippen LogP contribution is -2.51. The molecule has 1 aliphatic heterocycles. The molecule has 29 heavy (non-hydrogen) atoms. The summed E-state index contributed by atoms with van der Waals surface area (Å²) in [5.74, 6) is -0.611. The highest BCUT2D eigenvalue weighted by Gasteiger charge is 2.37. The lowest BCUT2D eigenvalue weighted by atomic mass is 9.88. The van der Waals surface area contributed by atoms with E-state index in [1.807, 2.05) is 6.92 Å². The summed E-state index contributed by atoms with van der Waals surface area (Å²) in [4.78, 5) is 35.3. The summed E-state index contributed by atoms with van der Waals surface area (Å²) in [6.07, 6.45) is 0. The average molecular weight is 396 g/mol. The standard InChI is InChI=1S/C20H20N4O5/c1-3-29-16-9-7-13(8-10-16)18-17(12(2)21-20(26)23-18)19(25)22-14-5-4-6-15(11-14)24(27)28/h4-11,17-18H,2-3H2,1H3,(H,22,25)(H2,21,23,26)/t17-,18+/m0/s1. The summed E-state index contributed by atoms with van der Waals surface area (Å²) in [5.41, 5.74) is 1.07. The van der Waals surface area contributed by atoms with Crippen LogP contribution in [0, 0.1) is 16.0 Å². The number of nitro groups is 1. The number of nitro benzene ring substituents is 1. The molecule has 0 bridgehead atoms. The number of benzene rings is 2. The molecular formula is C20H20N4O5. The van der Waals surface area contributed by atoms with Crippen LogP contribution in [0.3, 0.4) is 0 Å². The molecule has 3 N–H and O–H groups in total. The van der Waals surface area contributed by atoms with E-state index in [0.717, 1.165) is 0 Å². The van der Waals surface area contributed by atoms with E-state index < -0.39 is 28.8 Å². The van der Waals surface area contributed by atoms with E-state index in [0.29, 0.717) is 17.9 Å². The van der Waals surface area contributed by atoms with Crippen LogP contribution in [0.4, 0.5) is 16.2 Å². The Morgan fingerprint density at radius 3 is 2.66 bits per heavy atom. The van der Waals surface area contributed by atoms with Crippen molar-refractivity contribution in [3.63, 3.8) is 0 Å². The van der Waals surface area contributed by atoms with E-state index in [1.54, 1.807) is 30.3 Å². The molecule has 2 aromatic rings. The number of carbonyl (C=O) groups is 2. The number of urea groups is 1. The van der Waals surface area contributed by atoms with Crippen LogP contribution in [0.5, 0.6) is 5.75 Å². The van der Waals surface area contributed by atoms with Crippen molar-refractivity contribution in [2.24, 2.45) is 5.92 Å². The van der Waals surface area contributed by atoms with E-state index in [1.165, 1.54) is 18.2 Å². The minimum atomic E-state index is -0.829. The molecule has 1 aliphatic rings. The van der Waals surface area contributed by atoms with Gasteiger partial charge in [-0.25, -0.2) is 4.79 Å². The predicted octanol–water partition coefficient (Wildman–Crippen LogP) is 3.12. The minimum absolute atomic E-state index is 0.139. The van der Waals surface area contributed by atoms with Crippen LogP contribution in [0.25, 0.3) is 0 Å². The van der Waals surface area contributed by atoms with Crippen molar-refractivity contribution < 1.29 is 19.2 Å². The molecule has 9 nitrogen and oxygen atoms in total. The number of anilines is 1. The number of amides is 3. The van der Waals surface area contributed by atoms with Gasteiger partial charge in [0.2, 0.25) is 5.91 Å². The molecule has 0 saturated carbocycles. The molecule has 150 valence electrons. The number of non-ortho nitro benzene ring substituents is 1. The van der Waals surface area contributed by atoms with Gasteiger partial charge in [-0.2, -0.15) is 0 Å². The number of nitrogens with one attached hydrogen (secondary N) is 3. The highest BCUT2D eigenvalue weighted by Crippen LogP contribution is 2.31. The van der Waals surface area contributed by atoms with E-state index in [-0.39, 0.29) is 17.1 Å². The fourth-order valence-corrected chi connectivity index (χ4v) is 3.13. The molecule has 1 fully saturated rings. The average Bonchev–Trinajstić information content (AvgIpc) is 2.68. The quantitative estimate of drug-likeness (QED) is 0.511. The topological polar surface area (TPSA) is 123 Å². The monoisotopic (exact) mass is 396 g/mol. The van der Waals surface area contributed by atoms with Crippen LogP contribution in [0.15, 0.2) is 60.8 Å². The van der Waals surface area contributed by atoms with Crippen LogP contribution >= 0.6 is 0 Å². The van der Waals surface area contributed by atoms with Crippen molar-refractivity contribution in [3.05, 3.63) is 76.5 Å². The molecule has 0 aromatic heterocycles. The second-order valence-corrected chi connectivity index (χ2v) is 6.38. The maximum Gasteiger partial charge on any atom is 0.319 e. The molecule has 3 rings (SSSR count). The second-order valence-electron chi connectivity index (χ2n) is 6.38. The van der Waals surface area contributed by atoms with Gasteiger partial charge in [-0.15, -0.1) is 0 Å². The number of hydrogen-bond acceptors (Lipinski definition) is 5. The number of hydrogen-bond donors (Lipinski definition) is 3. The number of nitrogens with zero attached hydrogens (tertiary/aromatic N) is 1. The predicted molar refractivity (Wildman–Crippen MR) is 106 cm³/mol. The molecule has 1 heterocycles. The third-order valence-electron chi connectivity index (χ3n) is 4.43. The van der Waals surface area contributed by atoms with Gasteiger partial charge in [0.1, 0.15) is 11.7 Å². The van der Waals surface area contributed by atoms with Gasteiger partial charge in [0.05, 0.1) is 17.6 Å². The van der Waals surface area contributed by atoms with E-state index in [2.05, 4.69) is 22.5 Å². The summed E-state index contributed by atoms with van der Waals surface area (Å²) in [6.45, 7) is 6.21. The van der Waals surface area contributed by atoms with Gasteiger partial charge in [0.15, 0.2) is 0 Å². The Kier molecular flexibility index (Phi) is 5.77. The van der Waals surface area contributed by atoms with Gasteiger partial charge < -0.3 is 20.7 Å². The first kappa shape index (κ1) is 19.9. The highest BCUT2D eigenvalue weighted by atomic mass is 16.6. The highest BCUT2D eigenvalue weighted by molar-refractivity contribution is 5.97. The van der Waals surface area contributed by atoms with Crippen molar-refractivity contribution in [3.8, 4) is 5.75 Å². The fraction of sp³-hybridized carbons (Fsp3) is 0.200. The molecule has 3 amide bonds. The van der Waals surface area contributed by atoms with Crippen molar-refractivity contribution in [2.45, 2.75) is 13.0 Å². The molecule has 0 unspecified atom stereocenters. The summed E-state index contributed by atoms with van der Waals surface area (Å²) in [7, 11) is 0. The first-order valence-electron chi connectivity index (χ1n) is 8.93. The molecule has 2 aromatic carbocycles. The van der Waals surface area contributed by atoms with Crippen molar-refractivity contribution in [2.75, 3.05) is 11.9 Å². The molecule has 0 radical (unpaired) electrons. The van der Waals surface area contributed by atoms with Crippen LogP contribution in [-0.2, 0) is 4.79 Å². The SMILES string of the molecule is C=C1NC(=O)N[C@H](c2ccc(OCC)cc2)[C@H]1C(=O)Nc1cccc([N+](=O)[O-])c1. The summed E-state index contributed by atoms with van der Waals surface area (Å²) >= 11 is 0. The zero-order chi connectivity index (χ0) is 21.0. The van der Waals surface area contributed by atoms with Gasteiger partial charge in [0, 0.05) is 23.5 Å². The fourth-order valence-electron chi connectivity index (χ4n) is 3.13. The number of carbonyl (C=O) groups excluding carboxylic acids is 2. The van der Waals surface area contributed by atoms with E-state index in [9.17, 15) is 19.7 Å². The second kappa shape index (κ2) is 8.42. The van der Waals surface area contributed by atoms with Gasteiger partial charge in [-0.05, 0) is 30.7 Å². The van der Waals surface area contributed by atoms with Crippen LogP contribution in [0.1, 0.15) is 18.5 Å². The Bertz CT molecular complexity index is 958. The number of ether oxygens (including phenoxy) is 1. The van der Waals surface area contributed by atoms with Crippen molar-refractivity contribution >= 4 is 23.3 Å². The Morgan fingerprint density at radius 1 is 1.28 bits per heavy atom. The first-order valence-corrected chi connectivity index (χ1v) is 8.93. The summed E-state index contributed by atoms with van der Waals surface area (Å²) < 4.78 is 5.42. The van der Waals surface area contributed by atoms with Crippen LogP contribution in [-0.4, -0.2) is 23.5 Å². The Balaban J connectivity index is 1.86.